The molecule has 1 aliphatic rings. The maximum absolute atomic E-state index is 14.1. The lowest BCUT2D eigenvalue weighted by atomic mass is 9.74. The topological polar surface area (TPSA) is 97.6 Å². The first-order valence-electron chi connectivity index (χ1n) is 11.8. The average molecular weight is 507 g/mol. The molecule has 0 N–H and O–H groups in total. The van der Waals surface area contributed by atoms with Crippen LogP contribution in [0.4, 0.5) is 5.69 Å². The minimum Gasteiger partial charge on any atom is -0.299 e. The van der Waals surface area contributed by atoms with E-state index in [0.717, 1.165) is 5.56 Å². The van der Waals surface area contributed by atoms with Crippen molar-refractivity contribution in [2.45, 2.75) is 57.0 Å². The van der Waals surface area contributed by atoms with Crippen molar-refractivity contribution in [1.82, 2.24) is 0 Å². The molecule has 7 nitrogen and oxygen atoms in total. The number of nitro groups is 1. The van der Waals surface area contributed by atoms with Crippen LogP contribution in [0, 0.1) is 22.5 Å². The molecule has 1 aliphatic heterocycles. The first-order chi connectivity index (χ1) is 16.9. The summed E-state index contributed by atoms with van der Waals surface area (Å²) in [7, 11) is -4.19. The zero-order valence-electron chi connectivity index (χ0n) is 20.8. The van der Waals surface area contributed by atoms with E-state index >= 15 is 0 Å². The monoisotopic (exact) mass is 506 g/mol. The lowest BCUT2D eigenvalue weighted by molar-refractivity contribution is -0.531. The van der Waals surface area contributed by atoms with E-state index in [9.17, 15) is 23.3 Å². The van der Waals surface area contributed by atoms with E-state index in [0.29, 0.717) is 16.8 Å². The SMILES string of the molecule is Cc1ccc(S(=O)(=O)N2c3ccccc3[C@H](CC(=O)C(C)(C)C)[C@@H]([N+](=O)[O-])[C@@H]2c2ccccc2)cc1. The van der Waals surface area contributed by atoms with Crippen LogP contribution in [0.25, 0.3) is 0 Å². The fourth-order valence-corrected chi connectivity index (χ4v) is 6.46. The largest absolute Gasteiger partial charge is 0.299 e. The second-order valence-corrected chi connectivity index (χ2v) is 12.1. The molecule has 0 saturated heterocycles. The van der Waals surface area contributed by atoms with Gasteiger partial charge in [-0.15, -0.1) is 0 Å². The van der Waals surface area contributed by atoms with Gasteiger partial charge in [-0.3, -0.25) is 19.2 Å². The van der Waals surface area contributed by atoms with Crippen molar-refractivity contribution < 1.29 is 18.1 Å². The number of benzene rings is 3. The Bertz CT molecular complexity index is 1380. The summed E-state index contributed by atoms with van der Waals surface area (Å²) in [6.45, 7) is 7.22. The van der Waals surface area contributed by atoms with Gasteiger partial charge in [0.2, 0.25) is 6.04 Å². The maximum Gasteiger partial charge on any atom is 0.265 e. The number of ketones is 1. The second-order valence-electron chi connectivity index (χ2n) is 10.3. The van der Waals surface area contributed by atoms with Gasteiger partial charge in [-0.25, -0.2) is 8.42 Å². The highest BCUT2D eigenvalue weighted by atomic mass is 32.2. The average Bonchev–Trinajstić information content (AvgIpc) is 2.83. The lowest BCUT2D eigenvalue weighted by Gasteiger charge is -2.43. The molecule has 0 unspecified atom stereocenters. The molecule has 0 aliphatic carbocycles. The Labute approximate surface area is 212 Å². The molecule has 0 spiro atoms. The van der Waals surface area contributed by atoms with Crippen LogP contribution in [0.2, 0.25) is 0 Å². The minimum atomic E-state index is -4.19. The van der Waals surface area contributed by atoms with Crippen LogP contribution in [0.15, 0.2) is 83.8 Å². The molecule has 3 atom stereocenters. The molecule has 0 bridgehead atoms. The van der Waals surface area contributed by atoms with E-state index in [1.54, 1.807) is 87.5 Å². The van der Waals surface area contributed by atoms with E-state index in [4.69, 9.17) is 0 Å². The summed E-state index contributed by atoms with van der Waals surface area (Å²) in [6, 6.07) is 19.4. The van der Waals surface area contributed by atoms with Crippen molar-refractivity contribution in [3.8, 4) is 0 Å². The maximum atomic E-state index is 14.1. The highest BCUT2D eigenvalue weighted by molar-refractivity contribution is 7.92. The van der Waals surface area contributed by atoms with E-state index in [-0.39, 0.29) is 17.1 Å². The molecule has 188 valence electrons. The number of hydrogen-bond acceptors (Lipinski definition) is 5. The van der Waals surface area contributed by atoms with Crippen LogP contribution in [0.1, 0.15) is 55.8 Å². The van der Waals surface area contributed by atoms with Crippen molar-refractivity contribution in [2.75, 3.05) is 4.31 Å². The first-order valence-corrected chi connectivity index (χ1v) is 13.3. The summed E-state index contributed by atoms with van der Waals surface area (Å²) >= 11 is 0. The Kier molecular flexibility index (Phi) is 6.75. The third-order valence-corrected chi connectivity index (χ3v) is 8.58. The fourth-order valence-electron chi connectivity index (χ4n) is 4.78. The molecule has 0 saturated carbocycles. The van der Waals surface area contributed by atoms with Crippen molar-refractivity contribution in [3.05, 3.63) is 106 Å². The van der Waals surface area contributed by atoms with Gasteiger partial charge in [0.1, 0.15) is 11.8 Å². The number of carbonyl (C=O) groups is 1. The molecule has 0 fully saturated rings. The van der Waals surface area contributed by atoms with Gasteiger partial charge in [-0.2, -0.15) is 0 Å². The Morgan fingerprint density at radius 1 is 0.944 bits per heavy atom. The summed E-state index contributed by atoms with van der Waals surface area (Å²) in [5.41, 5.74) is 1.55. The van der Waals surface area contributed by atoms with Crippen LogP contribution >= 0.6 is 0 Å². The van der Waals surface area contributed by atoms with Crippen LogP contribution < -0.4 is 4.31 Å². The molecule has 0 radical (unpaired) electrons. The van der Waals surface area contributed by atoms with E-state index < -0.39 is 38.4 Å². The molecule has 4 rings (SSSR count). The number of aryl methyl sites for hydroxylation is 1. The van der Waals surface area contributed by atoms with Gasteiger partial charge in [0, 0.05) is 16.8 Å². The van der Waals surface area contributed by atoms with Crippen LogP contribution in [-0.4, -0.2) is 25.2 Å². The van der Waals surface area contributed by atoms with Crippen molar-refractivity contribution >= 4 is 21.5 Å². The second kappa shape index (κ2) is 9.50. The molecule has 0 aromatic heterocycles. The van der Waals surface area contributed by atoms with Crippen molar-refractivity contribution in [2.24, 2.45) is 5.41 Å². The quantitative estimate of drug-likeness (QED) is 0.316. The third kappa shape index (κ3) is 4.65. The van der Waals surface area contributed by atoms with E-state index in [1.165, 1.54) is 16.4 Å². The number of para-hydroxylation sites is 1. The molecule has 1 heterocycles. The van der Waals surface area contributed by atoms with Gasteiger partial charge < -0.3 is 0 Å². The summed E-state index contributed by atoms with van der Waals surface area (Å²) in [5.74, 6) is -0.909. The number of carbonyl (C=O) groups excluding carboxylic acids is 1. The number of Topliss-reactive ketones (excluding diaryl/α,β-unsaturated/α-hetero) is 1. The molecule has 8 heteroatoms. The zero-order chi connectivity index (χ0) is 26.3. The lowest BCUT2D eigenvalue weighted by Crippen LogP contribution is -2.51. The fraction of sp³-hybridized carbons (Fsp3) is 0.321. The van der Waals surface area contributed by atoms with Gasteiger partial charge in [0.25, 0.3) is 10.0 Å². The van der Waals surface area contributed by atoms with Gasteiger partial charge in [0.05, 0.1) is 16.5 Å². The van der Waals surface area contributed by atoms with Crippen LogP contribution in [0.3, 0.4) is 0 Å². The Hall–Kier alpha value is -3.52. The molecular weight excluding hydrogens is 476 g/mol. The Morgan fingerprint density at radius 3 is 2.11 bits per heavy atom. The number of nitrogens with zero attached hydrogens (tertiary/aromatic N) is 2. The molecular formula is C28H30N2O5S. The third-order valence-electron chi connectivity index (χ3n) is 6.77. The van der Waals surface area contributed by atoms with Crippen LogP contribution in [-0.2, 0) is 14.8 Å². The number of rotatable bonds is 6. The predicted molar refractivity (Wildman–Crippen MR) is 139 cm³/mol. The Balaban J connectivity index is 2.01. The van der Waals surface area contributed by atoms with Crippen molar-refractivity contribution in [1.29, 1.82) is 0 Å². The molecule has 36 heavy (non-hydrogen) atoms. The molecule has 3 aromatic carbocycles. The number of anilines is 1. The predicted octanol–water partition coefficient (Wildman–Crippen LogP) is 5.68. The van der Waals surface area contributed by atoms with E-state index in [1.807, 2.05) is 6.92 Å². The van der Waals surface area contributed by atoms with Gasteiger partial charge in [0.15, 0.2) is 0 Å². The summed E-state index contributed by atoms with van der Waals surface area (Å²) in [4.78, 5) is 25.5. The van der Waals surface area contributed by atoms with E-state index in [2.05, 4.69) is 0 Å². The minimum absolute atomic E-state index is 0.0511. The summed E-state index contributed by atoms with van der Waals surface area (Å²) in [6.07, 6.45) is -0.0616. The van der Waals surface area contributed by atoms with Gasteiger partial charge in [-0.05, 0) is 36.2 Å². The number of hydrogen-bond donors (Lipinski definition) is 0. The standard InChI is InChI=1S/C28H30N2O5S/c1-19-14-16-21(17-15-19)36(34,35)29-24-13-9-8-12-22(24)23(18-25(31)28(2,3)4)27(30(32)33)26(29)20-10-6-5-7-11-20/h5-17,23,26-27H,18H2,1-4H3/t23-,26-,27+/m0/s1. The molecule has 3 aromatic rings. The summed E-state index contributed by atoms with van der Waals surface area (Å²) in [5, 5.41) is 12.7. The first kappa shape index (κ1) is 25.6. The zero-order valence-corrected chi connectivity index (χ0v) is 21.6. The number of fused-ring (bicyclic) bond motifs is 1. The smallest absolute Gasteiger partial charge is 0.265 e. The highest BCUT2D eigenvalue weighted by Crippen LogP contribution is 2.50. The van der Waals surface area contributed by atoms with Gasteiger partial charge in [-0.1, -0.05) is 87.0 Å². The Morgan fingerprint density at radius 2 is 1.53 bits per heavy atom. The normalized spacial score (nSPS) is 20.0. The highest BCUT2D eigenvalue weighted by Gasteiger charge is 2.53. The summed E-state index contributed by atoms with van der Waals surface area (Å²) < 4.78 is 29.5. The number of sulfonamides is 1. The molecule has 0 amide bonds. The van der Waals surface area contributed by atoms with Crippen LogP contribution in [0.5, 0.6) is 0 Å². The van der Waals surface area contributed by atoms with Crippen molar-refractivity contribution in [3.63, 3.8) is 0 Å². The van der Waals surface area contributed by atoms with Gasteiger partial charge >= 0.3 is 0 Å².